The van der Waals surface area contributed by atoms with Gasteiger partial charge in [0.05, 0.1) is 23.9 Å². The Morgan fingerprint density at radius 2 is 1.35 bits per heavy atom. The van der Waals surface area contributed by atoms with Gasteiger partial charge in [0.15, 0.2) is 0 Å². The number of fused-ring (bicyclic) bond motifs is 1. The Morgan fingerprint density at radius 3 is 2.00 bits per heavy atom. The van der Waals surface area contributed by atoms with E-state index in [2.05, 4.69) is 5.10 Å². The first-order valence-corrected chi connectivity index (χ1v) is 9.89. The molecule has 5 rings (SSSR count). The number of aromatic nitrogens is 2. The molecule has 0 atom stereocenters. The Balaban J connectivity index is 1.49. The summed E-state index contributed by atoms with van der Waals surface area (Å²) in [5, 5.41) is 9.88. The lowest BCUT2D eigenvalue weighted by atomic mass is 10.1. The highest BCUT2D eigenvalue weighted by Crippen LogP contribution is 2.24. The van der Waals surface area contributed by atoms with Crippen LogP contribution >= 0.6 is 0 Å². The Bertz CT molecular complexity index is 1260. The van der Waals surface area contributed by atoms with Gasteiger partial charge in [-0.1, -0.05) is 72.8 Å². The number of hydrogen-bond acceptors (Lipinski definition) is 4. The van der Waals surface area contributed by atoms with Gasteiger partial charge in [-0.3, -0.25) is 14.3 Å². The third-order valence-corrected chi connectivity index (χ3v) is 5.11. The maximum Gasteiger partial charge on any atom is 0.282 e. The minimum absolute atomic E-state index is 0.368. The van der Waals surface area contributed by atoms with Gasteiger partial charge in [0, 0.05) is 17.3 Å². The fourth-order valence-electron chi connectivity index (χ4n) is 3.60. The third-order valence-electron chi connectivity index (χ3n) is 5.11. The van der Waals surface area contributed by atoms with Gasteiger partial charge in [0.1, 0.15) is 5.69 Å². The number of carbonyl (C=O) groups excluding carboxylic acids is 2. The summed E-state index contributed by atoms with van der Waals surface area (Å²) in [5.74, 6) is -0.843. The highest BCUT2D eigenvalue weighted by Gasteiger charge is 2.35. The van der Waals surface area contributed by atoms with Crippen LogP contribution in [-0.2, 0) is 6.54 Å². The molecule has 0 unspecified atom stereocenters. The van der Waals surface area contributed by atoms with Crippen LogP contribution in [0.25, 0.3) is 11.3 Å². The van der Waals surface area contributed by atoms with Crippen molar-refractivity contribution < 1.29 is 9.59 Å². The van der Waals surface area contributed by atoms with Crippen LogP contribution in [-0.4, -0.2) is 32.8 Å². The van der Waals surface area contributed by atoms with Crippen LogP contribution in [0.2, 0.25) is 0 Å². The minimum Gasteiger partial charge on any atom is -0.267 e. The lowest BCUT2D eigenvalue weighted by molar-refractivity contribution is 0.0660. The summed E-state index contributed by atoms with van der Waals surface area (Å²) in [6.07, 6.45) is 3.40. The van der Waals surface area contributed by atoms with E-state index in [9.17, 15) is 9.59 Å². The molecule has 31 heavy (non-hydrogen) atoms. The molecule has 1 aromatic heterocycles. The van der Waals surface area contributed by atoms with Gasteiger partial charge >= 0.3 is 0 Å². The zero-order chi connectivity index (χ0) is 21.2. The maximum absolute atomic E-state index is 12.6. The summed E-state index contributed by atoms with van der Waals surface area (Å²) in [4.78, 5) is 25.2. The number of nitrogens with zero attached hydrogens (tertiary/aromatic N) is 4. The van der Waals surface area contributed by atoms with E-state index in [1.807, 2.05) is 71.5 Å². The number of rotatable bonds is 5. The van der Waals surface area contributed by atoms with Gasteiger partial charge in [0.25, 0.3) is 11.8 Å². The molecule has 2 amide bonds. The monoisotopic (exact) mass is 406 g/mol. The predicted molar refractivity (Wildman–Crippen MR) is 118 cm³/mol. The van der Waals surface area contributed by atoms with E-state index in [-0.39, 0.29) is 0 Å². The van der Waals surface area contributed by atoms with Gasteiger partial charge in [-0.05, 0) is 17.7 Å². The molecule has 0 bridgehead atoms. The minimum atomic E-state index is -0.421. The number of hydrazone groups is 1. The van der Waals surface area contributed by atoms with Crippen LogP contribution < -0.4 is 0 Å². The molecule has 6 heteroatoms. The van der Waals surface area contributed by atoms with Crippen LogP contribution in [0.5, 0.6) is 0 Å². The zero-order valence-corrected chi connectivity index (χ0v) is 16.6. The molecule has 0 spiro atoms. The number of imide groups is 1. The zero-order valence-electron chi connectivity index (χ0n) is 16.6. The highest BCUT2D eigenvalue weighted by molar-refractivity contribution is 6.21. The fourth-order valence-corrected chi connectivity index (χ4v) is 3.60. The Labute approximate surface area is 179 Å². The molecule has 3 aromatic carbocycles. The largest absolute Gasteiger partial charge is 0.282 e. The Morgan fingerprint density at radius 1 is 0.774 bits per heavy atom. The predicted octanol–water partition coefficient (Wildman–Crippen LogP) is 4.23. The maximum atomic E-state index is 12.6. The molecule has 1 aliphatic heterocycles. The van der Waals surface area contributed by atoms with Crippen molar-refractivity contribution in [2.24, 2.45) is 5.10 Å². The lowest BCUT2D eigenvalue weighted by Crippen LogP contribution is -2.24. The number of amides is 2. The summed E-state index contributed by atoms with van der Waals surface area (Å²) in [6, 6.07) is 26.5. The van der Waals surface area contributed by atoms with E-state index in [4.69, 9.17) is 5.10 Å². The van der Waals surface area contributed by atoms with Crippen molar-refractivity contribution in [3.8, 4) is 11.3 Å². The summed E-state index contributed by atoms with van der Waals surface area (Å²) in [5.41, 5.74) is 4.24. The van der Waals surface area contributed by atoms with Gasteiger partial charge in [-0.2, -0.15) is 15.2 Å². The molecule has 0 aliphatic carbocycles. The normalized spacial score (nSPS) is 13.2. The van der Waals surface area contributed by atoms with Crippen LogP contribution in [0, 0.1) is 0 Å². The van der Waals surface area contributed by atoms with E-state index < -0.39 is 11.8 Å². The standard InChI is InChI=1S/C25H18N4O2/c30-24-21-13-7-8-14-22(21)25(31)29(24)26-15-20-17-28(16-18-9-3-1-4-10-18)27-23(20)19-11-5-2-6-12-19/h1-15,17H,16H2/b26-15-. The molecular weight excluding hydrogens is 388 g/mol. The van der Waals surface area contributed by atoms with E-state index in [0.29, 0.717) is 17.7 Å². The molecule has 6 nitrogen and oxygen atoms in total. The summed E-state index contributed by atoms with van der Waals surface area (Å²) in [6.45, 7) is 0.599. The molecule has 0 radical (unpaired) electrons. The van der Waals surface area contributed by atoms with Crippen LogP contribution in [0.1, 0.15) is 31.8 Å². The molecular formula is C25H18N4O2. The first-order chi connectivity index (χ1) is 15.2. The van der Waals surface area contributed by atoms with Crippen molar-refractivity contribution in [2.75, 3.05) is 0 Å². The quantitative estimate of drug-likeness (QED) is 0.368. The average Bonchev–Trinajstić information content (AvgIpc) is 3.32. The molecule has 0 fully saturated rings. The van der Waals surface area contributed by atoms with Crippen molar-refractivity contribution in [1.82, 2.24) is 14.8 Å². The topological polar surface area (TPSA) is 67.6 Å². The first kappa shape index (κ1) is 18.7. The molecule has 1 aliphatic rings. The molecule has 0 N–H and O–H groups in total. The Kier molecular flexibility index (Phi) is 4.72. The van der Waals surface area contributed by atoms with Gasteiger partial charge < -0.3 is 0 Å². The smallest absolute Gasteiger partial charge is 0.267 e. The van der Waals surface area contributed by atoms with Gasteiger partial charge in [0.2, 0.25) is 0 Å². The second-order valence-electron chi connectivity index (χ2n) is 7.19. The first-order valence-electron chi connectivity index (χ1n) is 9.89. The van der Waals surface area contributed by atoms with Crippen LogP contribution in [0.15, 0.2) is 96.2 Å². The number of hydrogen-bond donors (Lipinski definition) is 0. The summed E-state index contributed by atoms with van der Waals surface area (Å²) < 4.78 is 1.83. The van der Waals surface area contributed by atoms with Gasteiger partial charge in [-0.15, -0.1) is 0 Å². The van der Waals surface area contributed by atoms with Crippen molar-refractivity contribution in [3.05, 3.63) is 113 Å². The molecule has 4 aromatic rings. The average molecular weight is 406 g/mol. The van der Waals surface area contributed by atoms with Crippen LogP contribution in [0.4, 0.5) is 0 Å². The van der Waals surface area contributed by atoms with E-state index in [1.54, 1.807) is 24.3 Å². The van der Waals surface area contributed by atoms with Crippen molar-refractivity contribution in [2.45, 2.75) is 6.54 Å². The number of benzene rings is 3. The molecule has 0 saturated carbocycles. The van der Waals surface area contributed by atoms with Gasteiger partial charge in [-0.25, -0.2) is 0 Å². The Hall–Kier alpha value is -4.32. The van der Waals surface area contributed by atoms with Crippen molar-refractivity contribution in [3.63, 3.8) is 0 Å². The second-order valence-corrected chi connectivity index (χ2v) is 7.19. The lowest BCUT2D eigenvalue weighted by Gasteiger charge is -2.05. The van der Waals surface area contributed by atoms with Crippen molar-refractivity contribution in [1.29, 1.82) is 0 Å². The SMILES string of the molecule is O=C1c2ccccc2C(=O)N1/N=C\c1cn(Cc2ccccc2)nc1-c1ccccc1. The van der Waals surface area contributed by atoms with E-state index in [1.165, 1.54) is 6.21 Å². The second kappa shape index (κ2) is 7.84. The van der Waals surface area contributed by atoms with E-state index in [0.717, 1.165) is 27.4 Å². The number of carbonyl (C=O) groups is 2. The molecule has 0 saturated heterocycles. The third kappa shape index (κ3) is 3.55. The highest BCUT2D eigenvalue weighted by atomic mass is 16.2. The van der Waals surface area contributed by atoms with Crippen molar-refractivity contribution >= 4 is 18.0 Å². The fraction of sp³-hybridized carbons (Fsp3) is 0.0400. The summed E-state index contributed by atoms with van der Waals surface area (Å²) >= 11 is 0. The molecule has 150 valence electrons. The van der Waals surface area contributed by atoms with Crippen LogP contribution in [0.3, 0.4) is 0 Å². The summed E-state index contributed by atoms with van der Waals surface area (Å²) in [7, 11) is 0. The van der Waals surface area contributed by atoms with E-state index >= 15 is 0 Å². The molecule has 2 heterocycles.